The summed E-state index contributed by atoms with van der Waals surface area (Å²) in [4.78, 5) is 5.36. The van der Waals surface area contributed by atoms with Gasteiger partial charge in [-0.15, -0.1) is 0 Å². The summed E-state index contributed by atoms with van der Waals surface area (Å²) in [5.41, 5.74) is 21.7. The smallest absolute Gasteiger partial charge is 0.0911 e. The van der Waals surface area contributed by atoms with E-state index >= 15 is 0 Å². The van der Waals surface area contributed by atoms with Crippen LogP contribution < -0.4 is 16.4 Å². The molecule has 0 atom stereocenters. The summed E-state index contributed by atoms with van der Waals surface area (Å²) in [7, 11) is 0. The quantitative estimate of drug-likeness (QED) is 0.110. The number of fused-ring (bicyclic) bond motifs is 6. The van der Waals surface area contributed by atoms with Crippen molar-refractivity contribution < 1.29 is 0 Å². The maximum Gasteiger partial charge on any atom is 0.247 e. The van der Waals surface area contributed by atoms with Gasteiger partial charge in [0.05, 0.1) is 0 Å². The summed E-state index contributed by atoms with van der Waals surface area (Å²) >= 11 is 3.93. The molecular weight excluding hydrogens is 988 g/mol. The molecule has 2 heterocycles. The predicted molar refractivity (Wildman–Crippen MR) is 344 cm³/mol. The van der Waals surface area contributed by atoms with Gasteiger partial charge in [0.25, 0.3) is 0 Å². The molecule has 0 aromatic heterocycles. The summed E-state index contributed by atoms with van der Waals surface area (Å²) in [6.45, 7) is 23.7. The number of rotatable bonds is 8. The summed E-state index contributed by atoms with van der Waals surface area (Å²) in [5.74, 6) is 0. The first kappa shape index (κ1) is 51.2. The Morgan fingerprint density at radius 1 is 0.266 bits per heavy atom. The molecule has 0 spiro atoms. The molecule has 11 aromatic rings. The molecule has 0 amide bonds. The zero-order valence-electron chi connectivity index (χ0n) is 47.3. The van der Waals surface area contributed by atoms with E-state index in [1.165, 1.54) is 135 Å². The van der Waals surface area contributed by atoms with Crippen molar-refractivity contribution in [2.45, 2.75) is 110 Å². The second-order valence-electron chi connectivity index (χ2n) is 25.3. The molecule has 0 saturated carbocycles. The first-order valence-electron chi connectivity index (χ1n) is 28.2. The summed E-state index contributed by atoms with van der Waals surface area (Å²) in [6.07, 6.45) is 0. The third kappa shape index (κ3) is 8.99. The Hall–Kier alpha value is -7.30. The van der Waals surface area contributed by atoms with Crippen molar-refractivity contribution in [2.75, 3.05) is 0 Å². The van der Waals surface area contributed by atoms with E-state index < -0.39 is 0 Å². The van der Waals surface area contributed by atoms with Crippen LogP contribution in [-0.2, 0) is 21.7 Å². The van der Waals surface area contributed by atoms with Crippen LogP contribution in [0, 0.1) is 0 Å². The molecule has 2 aliphatic rings. The lowest BCUT2D eigenvalue weighted by Crippen LogP contribution is -2.58. The Labute approximate surface area is 477 Å². The highest BCUT2D eigenvalue weighted by atomic mass is 32.2. The van der Waals surface area contributed by atoms with Crippen molar-refractivity contribution in [1.82, 2.24) is 0 Å². The fourth-order valence-electron chi connectivity index (χ4n) is 12.6. The standard InChI is InChI=1S/C76H67BS2/c1-73(2,3)58-41-51(42-59(45-58)74(4,5)6)49-38-50(40-53(39-49)71-62-32-22-20-30-60(62)70(48-24-14-11-15-25-48)61-31-21-23-33-63(61)71)52-43-68-72-69(44-52)79-67-47-57(76(9,10)55-28-18-13-19-29-55)35-37-65(67)77(72)64-36-34-56(46-66(64)78-68)75(7,8)54-26-16-12-17-27-54/h11-47H,1-10H3. The van der Waals surface area contributed by atoms with Crippen molar-refractivity contribution in [3.63, 3.8) is 0 Å². The molecule has 0 N–H and O–H groups in total. The van der Waals surface area contributed by atoms with E-state index in [0.717, 1.165) is 0 Å². The van der Waals surface area contributed by atoms with E-state index in [4.69, 9.17) is 0 Å². The molecule has 0 fully saturated rings. The van der Waals surface area contributed by atoms with Crippen molar-refractivity contribution in [3.05, 3.63) is 258 Å². The lowest BCUT2D eigenvalue weighted by molar-refractivity contribution is 0.569. The molecule has 0 aliphatic carbocycles. The largest absolute Gasteiger partial charge is 0.247 e. The van der Waals surface area contributed by atoms with Gasteiger partial charge in [-0.25, -0.2) is 0 Å². The number of hydrogen-bond acceptors (Lipinski definition) is 2. The Balaban J connectivity index is 1.07. The van der Waals surface area contributed by atoms with E-state index in [-0.39, 0.29) is 28.4 Å². The summed E-state index contributed by atoms with van der Waals surface area (Å²) in [6, 6.07) is 85.9. The summed E-state index contributed by atoms with van der Waals surface area (Å²) < 4.78 is 0. The highest BCUT2D eigenvalue weighted by Gasteiger charge is 2.40. The van der Waals surface area contributed by atoms with Crippen LogP contribution in [0.4, 0.5) is 0 Å². The molecule has 11 aromatic carbocycles. The lowest BCUT2D eigenvalue weighted by atomic mass is 9.36. The van der Waals surface area contributed by atoms with Crippen LogP contribution in [0.3, 0.4) is 0 Å². The highest BCUT2D eigenvalue weighted by Crippen LogP contribution is 2.49. The molecule has 0 saturated heterocycles. The Morgan fingerprint density at radius 3 is 1.04 bits per heavy atom. The normalized spacial score (nSPS) is 13.3. The van der Waals surface area contributed by atoms with Crippen molar-refractivity contribution >= 4 is 68.2 Å². The molecule has 79 heavy (non-hydrogen) atoms. The molecule has 2 aliphatic heterocycles. The van der Waals surface area contributed by atoms with E-state index in [1.54, 1.807) is 0 Å². The van der Waals surface area contributed by atoms with Gasteiger partial charge in [-0.3, -0.25) is 0 Å². The topological polar surface area (TPSA) is 0 Å². The van der Waals surface area contributed by atoms with Crippen molar-refractivity contribution in [1.29, 1.82) is 0 Å². The average molecular weight is 1060 g/mol. The zero-order chi connectivity index (χ0) is 54.6. The van der Waals surface area contributed by atoms with Crippen LogP contribution in [0.2, 0.25) is 0 Å². The van der Waals surface area contributed by atoms with Crippen LogP contribution in [0.25, 0.3) is 66.1 Å². The second-order valence-corrected chi connectivity index (χ2v) is 27.5. The predicted octanol–water partition coefficient (Wildman–Crippen LogP) is 19.4. The van der Waals surface area contributed by atoms with Crippen LogP contribution in [0.15, 0.2) is 244 Å². The Kier molecular flexibility index (Phi) is 12.4. The first-order valence-corrected chi connectivity index (χ1v) is 29.8. The fraction of sp³-hybridized carbons (Fsp3) is 0.184. The molecule has 0 radical (unpaired) electrons. The van der Waals surface area contributed by atoms with E-state index in [2.05, 4.69) is 294 Å². The van der Waals surface area contributed by atoms with Crippen LogP contribution >= 0.6 is 23.5 Å². The van der Waals surface area contributed by atoms with Crippen molar-refractivity contribution in [2.24, 2.45) is 0 Å². The maximum absolute atomic E-state index is 2.54. The van der Waals surface area contributed by atoms with Crippen LogP contribution in [0.5, 0.6) is 0 Å². The van der Waals surface area contributed by atoms with E-state index in [1.807, 2.05) is 23.5 Å². The number of benzene rings is 11. The molecule has 0 bridgehead atoms. The molecular formula is C76H67BS2. The Morgan fingerprint density at radius 2 is 0.620 bits per heavy atom. The zero-order valence-corrected chi connectivity index (χ0v) is 48.9. The molecule has 386 valence electrons. The monoisotopic (exact) mass is 1050 g/mol. The third-order valence-corrected chi connectivity index (χ3v) is 19.7. The SMILES string of the molecule is CC(C)(C)c1cc(-c2cc(-c3cc4c5c(c3)Sc3cc(C(C)(C)c6ccccc6)ccc3B5c3ccc(C(C)(C)c5ccccc5)cc3S4)cc(-c3c4ccccc4c(-c4ccccc4)c4ccccc34)c2)cc(C(C)(C)C)c1. The molecule has 3 heteroatoms. The van der Waals surface area contributed by atoms with Gasteiger partial charge in [-0.1, -0.05) is 286 Å². The van der Waals surface area contributed by atoms with Crippen LogP contribution in [-0.4, -0.2) is 6.71 Å². The van der Waals surface area contributed by atoms with Gasteiger partial charge in [-0.2, -0.15) is 0 Å². The Bertz CT molecular complexity index is 3980. The fourth-order valence-corrected chi connectivity index (χ4v) is 15.2. The minimum Gasteiger partial charge on any atom is -0.0911 e. The second kappa shape index (κ2) is 19.2. The number of hydrogen-bond donors (Lipinski definition) is 0. The summed E-state index contributed by atoms with van der Waals surface area (Å²) in [5, 5.41) is 5.04. The molecule has 13 rings (SSSR count). The van der Waals surface area contributed by atoms with Gasteiger partial charge in [0, 0.05) is 30.4 Å². The third-order valence-electron chi connectivity index (χ3n) is 17.5. The van der Waals surface area contributed by atoms with Gasteiger partial charge in [0.15, 0.2) is 0 Å². The van der Waals surface area contributed by atoms with Crippen LogP contribution in [0.1, 0.15) is 103 Å². The minimum absolute atomic E-state index is 0.0405. The van der Waals surface area contributed by atoms with E-state index in [9.17, 15) is 0 Å². The van der Waals surface area contributed by atoms with Gasteiger partial charge < -0.3 is 0 Å². The first-order chi connectivity index (χ1) is 37.9. The van der Waals surface area contributed by atoms with Gasteiger partial charge >= 0.3 is 0 Å². The highest BCUT2D eigenvalue weighted by molar-refractivity contribution is 8.01. The molecule has 0 unspecified atom stereocenters. The van der Waals surface area contributed by atoms with Crippen molar-refractivity contribution in [3.8, 4) is 44.5 Å². The van der Waals surface area contributed by atoms with Gasteiger partial charge in [0.1, 0.15) is 0 Å². The van der Waals surface area contributed by atoms with E-state index in [0.29, 0.717) is 0 Å². The lowest BCUT2D eigenvalue weighted by Gasteiger charge is -2.36. The van der Waals surface area contributed by atoms with Gasteiger partial charge in [0.2, 0.25) is 6.71 Å². The molecule has 0 nitrogen and oxygen atoms in total. The average Bonchev–Trinajstić information content (AvgIpc) is 3.48. The minimum atomic E-state index is -0.177. The van der Waals surface area contributed by atoms with Gasteiger partial charge in [-0.05, 0) is 158 Å². The maximum atomic E-state index is 2.54.